The second kappa shape index (κ2) is 11.1. The van der Waals surface area contributed by atoms with Gasteiger partial charge in [-0.1, -0.05) is 75.4 Å². The first-order chi connectivity index (χ1) is 18.4. The number of rotatable bonds is 7. The van der Waals surface area contributed by atoms with E-state index in [1.54, 1.807) is 20.8 Å². The van der Waals surface area contributed by atoms with Gasteiger partial charge in [-0.2, -0.15) is 13.2 Å². The number of alkyl carbamates (subject to hydrolysis) is 1. The molecule has 0 spiro atoms. The van der Waals surface area contributed by atoms with Gasteiger partial charge in [-0.3, -0.25) is 4.79 Å². The number of benzene rings is 2. The summed E-state index contributed by atoms with van der Waals surface area (Å²) in [6.07, 6.45) is -6.36. The van der Waals surface area contributed by atoms with Gasteiger partial charge < -0.3 is 24.8 Å². The molecule has 2 aromatic carbocycles. The fourth-order valence-corrected chi connectivity index (χ4v) is 4.65. The van der Waals surface area contributed by atoms with E-state index in [0.717, 1.165) is 16.0 Å². The van der Waals surface area contributed by atoms with Crippen molar-refractivity contribution in [2.75, 3.05) is 13.7 Å². The predicted octanol–water partition coefficient (Wildman–Crippen LogP) is 5.36. The highest BCUT2D eigenvalue weighted by molar-refractivity contribution is 5.90. The first kappa shape index (κ1) is 30.9. The van der Waals surface area contributed by atoms with Crippen LogP contribution in [-0.4, -0.2) is 65.5 Å². The quantitative estimate of drug-likeness (QED) is 0.469. The average molecular weight is 565 g/mol. The highest BCUT2D eigenvalue weighted by atomic mass is 19.4. The van der Waals surface area contributed by atoms with Gasteiger partial charge in [-0.15, -0.1) is 0 Å². The summed E-state index contributed by atoms with van der Waals surface area (Å²) in [5.41, 5.74) is -2.40. The molecule has 40 heavy (non-hydrogen) atoms. The van der Waals surface area contributed by atoms with Crippen LogP contribution in [0.1, 0.15) is 46.6 Å². The maximum absolute atomic E-state index is 13.8. The van der Waals surface area contributed by atoms with Crippen molar-refractivity contribution in [3.63, 3.8) is 0 Å². The Bertz CT molecular complexity index is 1230. The Morgan fingerprint density at radius 2 is 1.52 bits per heavy atom. The summed E-state index contributed by atoms with van der Waals surface area (Å²) in [5, 5.41) is 12.3. The Morgan fingerprint density at radius 1 is 0.975 bits per heavy atom. The van der Waals surface area contributed by atoms with Crippen molar-refractivity contribution in [3.8, 4) is 11.1 Å². The summed E-state index contributed by atoms with van der Waals surface area (Å²) in [5.74, 6) is -2.05. The van der Waals surface area contributed by atoms with E-state index in [1.165, 1.54) is 7.11 Å². The van der Waals surface area contributed by atoms with E-state index in [0.29, 0.717) is 19.4 Å². The maximum atomic E-state index is 13.8. The number of carbonyl (C=O) groups is 3. The van der Waals surface area contributed by atoms with Gasteiger partial charge >= 0.3 is 18.2 Å². The van der Waals surface area contributed by atoms with Crippen molar-refractivity contribution in [3.05, 3.63) is 60.2 Å². The van der Waals surface area contributed by atoms with Crippen LogP contribution in [0.15, 0.2) is 54.6 Å². The van der Waals surface area contributed by atoms with E-state index in [2.05, 4.69) is 10.1 Å². The Hall–Kier alpha value is -3.60. The average Bonchev–Trinajstić information content (AvgIpc) is 3.28. The van der Waals surface area contributed by atoms with Crippen LogP contribution in [0.2, 0.25) is 0 Å². The lowest BCUT2D eigenvalue weighted by Gasteiger charge is -2.36. The molecule has 1 aliphatic heterocycles. The number of alkyl halides is 3. The molecule has 2 N–H and O–H groups in total. The summed E-state index contributed by atoms with van der Waals surface area (Å²) >= 11 is 0. The molecule has 1 fully saturated rings. The Kier molecular flexibility index (Phi) is 8.59. The summed E-state index contributed by atoms with van der Waals surface area (Å²) in [7, 11) is 1.42. The number of halogens is 3. The molecular formula is C29H35F3N2O6. The van der Waals surface area contributed by atoms with E-state index in [-0.39, 0.29) is 13.0 Å². The molecule has 0 aromatic heterocycles. The maximum Gasteiger partial charge on any atom is 0.427 e. The van der Waals surface area contributed by atoms with Crippen LogP contribution in [-0.2, 0) is 24.7 Å². The Balaban J connectivity index is 1.91. The van der Waals surface area contributed by atoms with Crippen LogP contribution in [0, 0.1) is 5.41 Å². The van der Waals surface area contributed by atoms with Crippen LogP contribution in [0.4, 0.5) is 18.0 Å². The van der Waals surface area contributed by atoms with Crippen molar-refractivity contribution < 1.29 is 42.1 Å². The number of likely N-dealkylation sites (tertiary alicyclic amines) is 1. The lowest BCUT2D eigenvalue weighted by molar-refractivity contribution is -0.244. The van der Waals surface area contributed by atoms with E-state index >= 15 is 0 Å². The van der Waals surface area contributed by atoms with Gasteiger partial charge in [0.25, 0.3) is 0 Å². The largest absolute Gasteiger partial charge is 0.480 e. The second-order valence-electron chi connectivity index (χ2n) is 11.5. The SMILES string of the molecule is COC1(c2ccc(-c3ccccc3)cc2)C[C@@H](C(=O)O)N(C(=O)C(NC(=O)OC(C)(C)C(F)(F)F)C(C)(C)C)C1. The minimum absolute atomic E-state index is 0.0718. The van der Waals surface area contributed by atoms with Crippen LogP contribution in [0.5, 0.6) is 0 Å². The minimum Gasteiger partial charge on any atom is -0.480 e. The number of methoxy groups -OCH3 is 1. The van der Waals surface area contributed by atoms with E-state index in [4.69, 9.17) is 4.74 Å². The first-order valence-corrected chi connectivity index (χ1v) is 12.7. The highest BCUT2D eigenvalue weighted by Gasteiger charge is 2.54. The zero-order valence-electron chi connectivity index (χ0n) is 23.3. The molecule has 1 heterocycles. The van der Waals surface area contributed by atoms with Gasteiger partial charge in [0.1, 0.15) is 17.7 Å². The van der Waals surface area contributed by atoms with Crippen LogP contribution < -0.4 is 5.32 Å². The lowest BCUT2D eigenvalue weighted by Crippen LogP contribution is -2.58. The van der Waals surface area contributed by atoms with Crippen LogP contribution in [0.25, 0.3) is 11.1 Å². The van der Waals surface area contributed by atoms with E-state index < -0.39 is 52.8 Å². The van der Waals surface area contributed by atoms with Gasteiger partial charge in [0.2, 0.25) is 11.5 Å². The standard InChI is InChI=1S/C29H35F3N2O6/c1-26(2,3)22(33-25(38)40-27(4,5)29(30,31)32)23(35)34-17-28(39-6,16-21(34)24(36)37)20-14-12-19(13-15-20)18-10-8-7-9-11-18/h7-15,21-22H,16-17H2,1-6H3,(H,33,38)(H,36,37)/t21-,22?,28?/m0/s1. The number of nitrogens with one attached hydrogen (secondary N) is 1. The lowest BCUT2D eigenvalue weighted by atomic mass is 9.85. The summed E-state index contributed by atoms with van der Waals surface area (Å²) in [6.45, 7) is 6.03. The predicted molar refractivity (Wildman–Crippen MR) is 141 cm³/mol. The second-order valence-corrected chi connectivity index (χ2v) is 11.5. The molecule has 2 unspecified atom stereocenters. The summed E-state index contributed by atoms with van der Waals surface area (Å²) in [4.78, 5) is 39.7. The third-order valence-electron chi connectivity index (χ3n) is 7.21. The Morgan fingerprint density at radius 3 is 2.00 bits per heavy atom. The number of hydrogen-bond acceptors (Lipinski definition) is 5. The van der Waals surface area contributed by atoms with Gasteiger partial charge in [-0.25, -0.2) is 9.59 Å². The molecule has 2 amide bonds. The van der Waals surface area contributed by atoms with Crippen LogP contribution in [0.3, 0.4) is 0 Å². The van der Waals surface area contributed by atoms with Crippen molar-refractivity contribution in [1.82, 2.24) is 10.2 Å². The summed E-state index contributed by atoms with van der Waals surface area (Å²) in [6, 6.07) is 14.3. The molecule has 3 atom stereocenters. The molecular weight excluding hydrogens is 529 g/mol. The van der Waals surface area contributed by atoms with Gasteiger partial charge in [-0.05, 0) is 36.0 Å². The topological polar surface area (TPSA) is 105 Å². The molecule has 0 bridgehead atoms. The molecule has 0 saturated carbocycles. The molecule has 8 nitrogen and oxygen atoms in total. The van der Waals surface area contributed by atoms with Gasteiger partial charge in [0.15, 0.2) is 0 Å². The minimum atomic E-state index is -4.84. The number of nitrogens with zero attached hydrogens (tertiary/aromatic N) is 1. The molecule has 0 radical (unpaired) electrons. The van der Waals surface area contributed by atoms with Crippen molar-refractivity contribution in [2.45, 2.75) is 70.5 Å². The molecule has 2 aromatic rings. The number of hydrogen-bond donors (Lipinski definition) is 2. The molecule has 11 heteroatoms. The van der Waals surface area contributed by atoms with Gasteiger partial charge in [0.05, 0.1) is 6.54 Å². The fourth-order valence-electron chi connectivity index (χ4n) is 4.65. The van der Waals surface area contributed by atoms with Crippen LogP contribution >= 0.6 is 0 Å². The van der Waals surface area contributed by atoms with E-state index in [9.17, 15) is 32.7 Å². The van der Waals surface area contributed by atoms with Crippen molar-refractivity contribution in [2.24, 2.45) is 5.41 Å². The number of carboxylic acid groups (broad SMARTS) is 1. The van der Waals surface area contributed by atoms with Crippen molar-refractivity contribution >= 4 is 18.0 Å². The Labute approximate surface area is 231 Å². The van der Waals surface area contributed by atoms with E-state index in [1.807, 2.05) is 54.6 Å². The fraction of sp³-hybridized carbons (Fsp3) is 0.483. The zero-order chi connectivity index (χ0) is 30.1. The molecule has 218 valence electrons. The van der Waals surface area contributed by atoms with Gasteiger partial charge in [0, 0.05) is 13.5 Å². The number of carboxylic acids is 1. The normalized spacial score (nSPS) is 20.6. The molecule has 1 saturated heterocycles. The third-order valence-corrected chi connectivity index (χ3v) is 7.21. The smallest absolute Gasteiger partial charge is 0.427 e. The monoisotopic (exact) mass is 564 g/mol. The molecule has 0 aliphatic carbocycles. The summed E-state index contributed by atoms with van der Waals surface area (Å²) < 4.78 is 50.2. The van der Waals surface area contributed by atoms with Crippen molar-refractivity contribution in [1.29, 1.82) is 0 Å². The highest BCUT2D eigenvalue weighted by Crippen LogP contribution is 2.41. The number of aliphatic carboxylic acids is 1. The molecule has 3 rings (SSSR count). The third kappa shape index (κ3) is 6.41. The zero-order valence-corrected chi connectivity index (χ0v) is 23.3. The number of amides is 2. The number of carbonyl (C=O) groups excluding carboxylic acids is 2. The molecule has 1 aliphatic rings. The number of ether oxygens (including phenoxy) is 2. The first-order valence-electron chi connectivity index (χ1n) is 12.7.